The number of likely N-dealkylation sites (tertiary alicyclic amines) is 1. The van der Waals surface area contributed by atoms with Crippen molar-refractivity contribution in [3.05, 3.63) is 93.9 Å². The van der Waals surface area contributed by atoms with Crippen LogP contribution in [0.15, 0.2) is 72.1 Å². The third kappa shape index (κ3) is 5.53. The van der Waals surface area contributed by atoms with Crippen molar-refractivity contribution in [3.63, 3.8) is 0 Å². The Bertz CT molecular complexity index is 931. The number of rotatable bonds is 8. The Morgan fingerprint density at radius 1 is 1.10 bits per heavy atom. The zero-order chi connectivity index (χ0) is 20.8. The highest BCUT2D eigenvalue weighted by Gasteiger charge is 2.24. The fourth-order valence-electron chi connectivity index (χ4n) is 3.90. The van der Waals surface area contributed by atoms with Crippen LogP contribution in [-0.4, -0.2) is 36.5 Å². The standard InChI is InChI=1S/C24H26FN3OS/c25-20-10-8-19(9-11-20)24(22-7-4-14-30-22)26-15-23(29)27-21-12-13-28(17-21)16-18-5-2-1-3-6-18/h1-11,14,21,24,26H,12-13,15-17H2,(H,27,29)/t21-,24-/m0/s1. The molecular weight excluding hydrogens is 397 g/mol. The third-order valence-corrected chi connectivity index (χ3v) is 6.32. The van der Waals surface area contributed by atoms with Crippen LogP contribution in [0.2, 0.25) is 0 Å². The number of carbonyl (C=O) groups excluding carboxylic acids is 1. The van der Waals surface area contributed by atoms with E-state index in [-0.39, 0.29) is 30.4 Å². The Morgan fingerprint density at radius 2 is 1.90 bits per heavy atom. The Morgan fingerprint density at radius 3 is 2.63 bits per heavy atom. The Balaban J connectivity index is 1.29. The van der Waals surface area contributed by atoms with E-state index in [2.05, 4.69) is 39.8 Å². The van der Waals surface area contributed by atoms with Crippen molar-refractivity contribution in [3.8, 4) is 0 Å². The average Bonchev–Trinajstić information content (AvgIpc) is 3.43. The topological polar surface area (TPSA) is 44.4 Å². The Labute approximate surface area is 180 Å². The van der Waals surface area contributed by atoms with Gasteiger partial charge in [0.2, 0.25) is 5.91 Å². The minimum Gasteiger partial charge on any atom is -0.351 e. The zero-order valence-corrected chi connectivity index (χ0v) is 17.6. The molecule has 1 fully saturated rings. The SMILES string of the molecule is O=C(CN[C@@H](c1ccc(F)cc1)c1cccs1)N[C@H]1CCN(Cc2ccccc2)C1. The fraction of sp³-hybridized carbons (Fsp3) is 0.292. The minimum atomic E-state index is -0.261. The van der Waals surface area contributed by atoms with E-state index in [1.54, 1.807) is 23.5 Å². The first-order valence-corrected chi connectivity index (χ1v) is 11.1. The van der Waals surface area contributed by atoms with E-state index < -0.39 is 0 Å². The van der Waals surface area contributed by atoms with Crippen molar-refractivity contribution >= 4 is 17.2 Å². The smallest absolute Gasteiger partial charge is 0.234 e. The van der Waals surface area contributed by atoms with Gasteiger partial charge in [0.25, 0.3) is 0 Å². The molecule has 2 atom stereocenters. The maximum absolute atomic E-state index is 13.3. The summed E-state index contributed by atoms with van der Waals surface area (Å²) < 4.78 is 13.3. The zero-order valence-electron chi connectivity index (χ0n) is 16.8. The van der Waals surface area contributed by atoms with Crippen LogP contribution >= 0.6 is 11.3 Å². The van der Waals surface area contributed by atoms with Gasteiger partial charge in [-0.25, -0.2) is 4.39 Å². The summed E-state index contributed by atoms with van der Waals surface area (Å²) in [6, 6.07) is 20.9. The van der Waals surface area contributed by atoms with Gasteiger partial charge in [-0.3, -0.25) is 15.0 Å². The van der Waals surface area contributed by atoms with Crippen molar-refractivity contribution < 1.29 is 9.18 Å². The van der Waals surface area contributed by atoms with Crippen LogP contribution in [0.5, 0.6) is 0 Å². The summed E-state index contributed by atoms with van der Waals surface area (Å²) >= 11 is 1.62. The number of benzene rings is 2. The van der Waals surface area contributed by atoms with Gasteiger partial charge in [-0.1, -0.05) is 48.5 Å². The maximum Gasteiger partial charge on any atom is 0.234 e. The van der Waals surface area contributed by atoms with Gasteiger partial charge in [-0.2, -0.15) is 0 Å². The predicted molar refractivity (Wildman–Crippen MR) is 119 cm³/mol. The van der Waals surface area contributed by atoms with E-state index in [4.69, 9.17) is 0 Å². The molecule has 156 valence electrons. The van der Waals surface area contributed by atoms with Gasteiger partial charge in [0.1, 0.15) is 5.82 Å². The number of amides is 1. The van der Waals surface area contributed by atoms with Crippen LogP contribution in [0.3, 0.4) is 0 Å². The lowest BCUT2D eigenvalue weighted by Crippen LogP contribution is -2.42. The highest BCUT2D eigenvalue weighted by atomic mass is 32.1. The van der Waals surface area contributed by atoms with Gasteiger partial charge in [0.15, 0.2) is 0 Å². The Kier molecular flexibility index (Phi) is 6.89. The molecule has 0 spiro atoms. The van der Waals surface area contributed by atoms with Crippen LogP contribution in [0.25, 0.3) is 0 Å². The van der Waals surface area contributed by atoms with E-state index in [1.807, 2.05) is 23.6 Å². The molecule has 4 rings (SSSR count). The minimum absolute atomic E-state index is 0.00905. The fourth-order valence-corrected chi connectivity index (χ4v) is 4.73. The molecule has 0 radical (unpaired) electrons. The van der Waals surface area contributed by atoms with Crippen LogP contribution in [0.1, 0.15) is 28.5 Å². The summed E-state index contributed by atoms with van der Waals surface area (Å²) in [6.07, 6.45) is 0.963. The monoisotopic (exact) mass is 423 g/mol. The van der Waals surface area contributed by atoms with Crippen LogP contribution in [0.4, 0.5) is 4.39 Å². The maximum atomic E-state index is 13.3. The first-order chi connectivity index (χ1) is 14.7. The van der Waals surface area contributed by atoms with Crippen molar-refractivity contribution in [1.82, 2.24) is 15.5 Å². The lowest BCUT2D eigenvalue weighted by molar-refractivity contribution is -0.120. The van der Waals surface area contributed by atoms with Crippen molar-refractivity contribution in [1.29, 1.82) is 0 Å². The molecule has 4 nitrogen and oxygen atoms in total. The quantitative estimate of drug-likeness (QED) is 0.577. The summed E-state index contributed by atoms with van der Waals surface area (Å²) in [6.45, 7) is 2.99. The molecule has 0 bridgehead atoms. The molecule has 1 aliphatic heterocycles. The number of nitrogens with one attached hydrogen (secondary N) is 2. The number of nitrogens with zero attached hydrogens (tertiary/aromatic N) is 1. The number of carbonyl (C=O) groups is 1. The normalized spacial score (nSPS) is 17.7. The van der Waals surface area contributed by atoms with E-state index in [9.17, 15) is 9.18 Å². The Hall–Kier alpha value is -2.54. The van der Waals surface area contributed by atoms with E-state index in [0.29, 0.717) is 0 Å². The van der Waals surface area contributed by atoms with Crippen LogP contribution < -0.4 is 10.6 Å². The number of hydrogen-bond donors (Lipinski definition) is 2. The molecule has 0 unspecified atom stereocenters. The predicted octanol–water partition coefficient (Wildman–Crippen LogP) is 3.96. The van der Waals surface area contributed by atoms with E-state index >= 15 is 0 Å². The van der Waals surface area contributed by atoms with Crippen molar-refractivity contribution in [2.45, 2.75) is 25.0 Å². The molecular formula is C24H26FN3OS. The van der Waals surface area contributed by atoms with Gasteiger partial charge in [-0.15, -0.1) is 11.3 Å². The van der Waals surface area contributed by atoms with Gasteiger partial charge >= 0.3 is 0 Å². The van der Waals surface area contributed by atoms with Gasteiger partial charge in [0.05, 0.1) is 12.6 Å². The highest BCUT2D eigenvalue weighted by molar-refractivity contribution is 7.10. The molecule has 1 aliphatic rings. The first kappa shape index (κ1) is 20.7. The highest BCUT2D eigenvalue weighted by Crippen LogP contribution is 2.26. The molecule has 30 heavy (non-hydrogen) atoms. The first-order valence-electron chi connectivity index (χ1n) is 10.3. The third-order valence-electron chi connectivity index (χ3n) is 5.38. The molecule has 1 amide bonds. The summed E-state index contributed by atoms with van der Waals surface area (Å²) in [4.78, 5) is 16.1. The molecule has 1 saturated heterocycles. The number of hydrogen-bond acceptors (Lipinski definition) is 4. The molecule has 3 aromatic rings. The second-order valence-corrected chi connectivity index (χ2v) is 8.63. The number of thiophene rings is 1. The van der Waals surface area contributed by atoms with Crippen molar-refractivity contribution in [2.75, 3.05) is 19.6 Å². The summed E-state index contributed by atoms with van der Waals surface area (Å²) in [5.41, 5.74) is 2.24. The molecule has 2 aromatic carbocycles. The summed E-state index contributed by atoms with van der Waals surface area (Å²) in [5, 5.41) is 8.51. The van der Waals surface area contributed by atoms with E-state index in [0.717, 1.165) is 36.5 Å². The van der Waals surface area contributed by atoms with Crippen LogP contribution in [0, 0.1) is 5.82 Å². The lowest BCUT2D eigenvalue weighted by Gasteiger charge is -2.20. The largest absolute Gasteiger partial charge is 0.351 e. The second kappa shape index (κ2) is 9.98. The van der Waals surface area contributed by atoms with E-state index in [1.165, 1.54) is 17.7 Å². The molecule has 0 aliphatic carbocycles. The summed E-state index contributed by atoms with van der Waals surface area (Å²) in [5.74, 6) is -0.270. The van der Waals surface area contributed by atoms with Gasteiger partial charge < -0.3 is 5.32 Å². The molecule has 2 N–H and O–H groups in total. The summed E-state index contributed by atoms with van der Waals surface area (Å²) in [7, 11) is 0. The lowest BCUT2D eigenvalue weighted by atomic mass is 10.1. The molecule has 2 heterocycles. The van der Waals surface area contributed by atoms with Gasteiger partial charge in [-0.05, 0) is 41.1 Å². The molecule has 6 heteroatoms. The van der Waals surface area contributed by atoms with Crippen molar-refractivity contribution in [2.24, 2.45) is 0 Å². The average molecular weight is 424 g/mol. The molecule has 1 aromatic heterocycles. The number of halogens is 1. The molecule has 0 saturated carbocycles. The van der Waals surface area contributed by atoms with Gasteiger partial charge in [0, 0.05) is 30.6 Å². The van der Waals surface area contributed by atoms with Crippen LogP contribution in [-0.2, 0) is 11.3 Å². The second-order valence-electron chi connectivity index (χ2n) is 7.65.